The van der Waals surface area contributed by atoms with Crippen molar-refractivity contribution >= 4 is 27.5 Å². The molecule has 0 saturated heterocycles. The average Bonchev–Trinajstić information content (AvgIpc) is 2.38. The highest BCUT2D eigenvalue weighted by Gasteiger charge is 2.14. The van der Waals surface area contributed by atoms with Crippen molar-refractivity contribution in [3.05, 3.63) is 68.4 Å². The van der Waals surface area contributed by atoms with E-state index in [-0.39, 0.29) is 11.9 Å². The minimum Gasteiger partial charge on any atom is -0.324 e. The molecule has 0 heterocycles. The number of rotatable bonds is 3. The van der Waals surface area contributed by atoms with Gasteiger partial charge in [0, 0.05) is 11.1 Å². The molecule has 0 aliphatic rings. The predicted molar refractivity (Wildman–Crippen MR) is 80.9 cm³/mol. The smallest absolute Gasteiger partial charge is 0.137 e. The number of hydrogen-bond donors (Lipinski definition) is 1. The first kappa shape index (κ1) is 14.5. The van der Waals surface area contributed by atoms with Crippen LogP contribution in [0.25, 0.3) is 0 Å². The van der Waals surface area contributed by atoms with E-state index in [9.17, 15) is 4.39 Å². The molecule has 2 rings (SSSR count). The summed E-state index contributed by atoms with van der Waals surface area (Å²) in [5.41, 5.74) is 8.91. The van der Waals surface area contributed by atoms with Crippen LogP contribution in [0.4, 0.5) is 4.39 Å². The second kappa shape index (κ2) is 6.04. The lowest BCUT2D eigenvalue weighted by atomic mass is 9.98. The highest BCUT2D eigenvalue weighted by atomic mass is 79.9. The molecule has 0 aliphatic heterocycles. The van der Waals surface area contributed by atoms with E-state index < -0.39 is 0 Å². The van der Waals surface area contributed by atoms with Crippen LogP contribution < -0.4 is 5.73 Å². The lowest BCUT2D eigenvalue weighted by molar-refractivity contribution is 0.614. The van der Waals surface area contributed by atoms with Crippen molar-refractivity contribution in [1.29, 1.82) is 0 Å². The van der Waals surface area contributed by atoms with Crippen molar-refractivity contribution in [3.63, 3.8) is 0 Å². The normalized spacial score (nSPS) is 12.5. The first-order valence-corrected chi connectivity index (χ1v) is 7.11. The lowest BCUT2D eigenvalue weighted by Gasteiger charge is -2.16. The van der Waals surface area contributed by atoms with E-state index in [1.54, 1.807) is 6.07 Å². The fourth-order valence-electron chi connectivity index (χ4n) is 2.01. The van der Waals surface area contributed by atoms with Crippen molar-refractivity contribution in [1.82, 2.24) is 0 Å². The standard InChI is InChI=1S/C15H14BrClFN/c1-9-4-2-6-11(15(9)17)13(19)8-10-5-3-7-12(18)14(10)16/h2-7,13H,8,19H2,1H3. The second-order valence-electron chi connectivity index (χ2n) is 4.50. The Morgan fingerprint density at radius 1 is 1.26 bits per heavy atom. The Morgan fingerprint density at radius 3 is 2.68 bits per heavy atom. The third-order valence-corrected chi connectivity index (χ3v) is 4.50. The van der Waals surface area contributed by atoms with Crippen LogP contribution in [0, 0.1) is 12.7 Å². The molecule has 1 atom stereocenters. The summed E-state index contributed by atoms with van der Waals surface area (Å²) in [5, 5.41) is 0.683. The third-order valence-electron chi connectivity index (χ3n) is 3.09. The van der Waals surface area contributed by atoms with Crippen molar-refractivity contribution < 1.29 is 4.39 Å². The number of benzene rings is 2. The molecule has 2 aromatic rings. The second-order valence-corrected chi connectivity index (χ2v) is 5.67. The van der Waals surface area contributed by atoms with Gasteiger partial charge in [-0.1, -0.05) is 41.9 Å². The first-order chi connectivity index (χ1) is 9.00. The molecule has 0 aromatic heterocycles. The highest BCUT2D eigenvalue weighted by Crippen LogP contribution is 2.29. The summed E-state index contributed by atoms with van der Waals surface area (Å²) < 4.78 is 13.9. The molecular weight excluding hydrogens is 329 g/mol. The van der Waals surface area contributed by atoms with Gasteiger partial charge in [-0.15, -0.1) is 0 Å². The SMILES string of the molecule is Cc1cccc(C(N)Cc2cccc(F)c2Br)c1Cl. The molecule has 0 bridgehead atoms. The number of hydrogen-bond acceptors (Lipinski definition) is 1. The summed E-state index contributed by atoms with van der Waals surface area (Å²) in [6.45, 7) is 1.94. The third kappa shape index (κ3) is 3.16. The topological polar surface area (TPSA) is 26.0 Å². The Balaban J connectivity index is 2.28. The zero-order valence-electron chi connectivity index (χ0n) is 10.5. The fourth-order valence-corrected chi connectivity index (χ4v) is 2.70. The minimum absolute atomic E-state index is 0.259. The molecule has 100 valence electrons. The van der Waals surface area contributed by atoms with Crippen LogP contribution in [0.15, 0.2) is 40.9 Å². The quantitative estimate of drug-likeness (QED) is 0.852. The molecule has 0 radical (unpaired) electrons. The van der Waals surface area contributed by atoms with Gasteiger partial charge in [0.2, 0.25) is 0 Å². The van der Waals surface area contributed by atoms with Gasteiger partial charge in [-0.2, -0.15) is 0 Å². The molecule has 0 spiro atoms. The van der Waals surface area contributed by atoms with Gasteiger partial charge in [-0.25, -0.2) is 4.39 Å². The summed E-state index contributed by atoms with van der Waals surface area (Å²) >= 11 is 9.51. The van der Waals surface area contributed by atoms with E-state index in [0.717, 1.165) is 16.7 Å². The maximum absolute atomic E-state index is 13.5. The van der Waals surface area contributed by atoms with E-state index in [0.29, 0.717) is 15.9 Å². The molecule has 2 aromatic carbocycles. The van der Waals surface area contributed by atoms with Crippen LogP contribution in [-0.2, 0) is 6.42 Å². The Kier molecular flexibility index (Phi) is 4.61. The van der Waals surface area contributed by atoms with Gasteiger partial charge < -0.3 is 5.73 Å². The zero-order valence-corrected chi connectivity index (χ0v) is 12.8. The van der Waals surface area contributed by atoms with E-state index in [1.165, 1.54) is 6.07 Å². The lowest BCUT2D eigenvalue weighted by Crippen LogP contribution is -2.14. The average molecular weight is 343 g/mol. The Morgan fingerprint density at radius 2 is 1.95 bits per heavy atom. The summed E-state index contributed by atoms with van der Waals surface area (Å²) in [5.74, 6) is -0.278. The van der Waals surface area contributed by atoms with E-state index in [4.69, 9.17) is 17.3 Å². The largest absolute Gasteiger partial charge is 0.324 e. The van der Waals surface area contributed by atoms with Crippen molar-refractivity contribution in [2.45, 2.75) is 19.4 Å². The van der Waals surface area contributed by atoms with Crippen LogP contribution in [0.1, 0.15) is 22.7 Å². The molecule has 2 N–H and O–H groups in total. The molecule has 0 amide bonds. The van der Waals surface area contributed by atoms with Crippen LogP contribution in [0.5, 0.6) is 0 Å². The summed E-state index contributed by atoms with van der Waals surface area (Å²) in [6, 6.07) is 10.5. The highest BCUT2D eigenvalue weighted by molar-refractivity contribution is 9.10. The van der Waals surface area contributed by atoms with E-state index in [2.05, 4.69) is 15.9 Å². The summed E-state index contributed by atoms with van der Waals surface area (Å²) in [7, 11) is 0. The Labute approximate surface area is 125 Å². The van der Waals surface area contributed by atoms with Crippen LogP contribution in [-0.4, -0.2) is 0 Å². The van der Waals surface area contributed by atoms with Crippen molar-refractivity contribution in [3.8, 4) is 0 Å². The monoisotopic (exact) mass is 341 g/mol. The molecule has 1 nitrogen and oxygen atoms in total. The van der Waals surface area contributed by atoms with Gasteiger partial charge in [0.05, 0.1) is 4.47 Å². The number of halogens is 3. The van der Waals surface area contributed by atoms with Crippen molar-refractivity contribution in [2.75, 3.05) is 0 Å². The van der Waals surface area contributed by atoms with Gasteiger partial charge in [0.15, 0.2) is 0 Å². The Hall–Kier alpha value is -0.900. The Bertz CT molecular complexity index is 601. The first-order valence-electron chi connectivity index (χ1n) is 5.94. The van der Waals surface area contributed by atoms with Crippen LogP contribution in [0.2, 0.25) is 5.02 Å². The van der Waals surface area contributed by atoms with Gasteiger partial charge in [-0.05, 0) is 52.0 Å². The number of aryl methyl sites for hydroxylation is 1. The summed E-state index contributed by atoms with van der Waals surface area (Å²) in [6.07, 6.45) is 0.529. The molecular formula is C15H14BrClFN. The van der Waals surface area contributed by atoms with E-state index >= 15 is 0 Å². The maximum Gasteiger partial charge on any atom is 0.137 e. The molecule has 0 fully saturated rings. The van der Waals surface area contributed by atoms with Gasteiger partial charge in [-0.3, -0.25) is 0 Å². The molecule has 0 aliphatic carbocycles. The van der Waals surface area contributed by atoms with Crippen LogP contribution >= 0.6 is 27.5 Å². The number of nitrogens with two attached hydrogens (primary N) is 1. The minimum atomic E-state index is -0.278. The molecule has 1 unspecified atom stereocenters. The van der Waals surface area contributed by atoms with Gasteiger partial charge in [0.25, 0.3) is 0 Å². The maximum atomic E-state index is 13.5. The molecule has 0 saturated carbocycles. The van der Waals surface area contributed by atoms with Crippen LogP contribution in [0.3, 0.4) is 0 Å². The van der Waals surface area contributed by atoms with Gasteiger partial charge >= 0.3 is 0 Å². The molecule has 19 heavy (non-hydrogen) atoms. The molecule has 4 heteroatoms. The fraction of sp³-hybridized carbons (Fsp3) is 0.200. The summed E-state index contributed by atoms with van der Waals surface area (Å²) in [4.78, 5) is 0. The predicted octanol–water partition coefficient (Wildman–Crippen LogP) is 4.79. The zero-order chi connectivity index (χ0) is 14.0. The van der Waals surface area contributed by atoms with Crippen molar-refractivity contribution in [2.24, 2.45) is 5.73 Å². The van der Waals surface area contributed by atoms with Gasteiger partial charge in [0.1, 0.15) is 5.82 Å². The van der Waals surface area contributed by atoms with E-state index in [1.807, 2.05) is 31.2 Å².